The SMILES string of the molecule is Cc1c(Cl)c(C)c([N+](=O)[O-])c(O)c1C=Nc1ccc(-c2nc3ccccc3s2)cc1. The highest BCUT2D eigenvalue weighted by atomic mass is 35.5. The van der Waals surface area contributed by atoms with Crippen molar-refractivity contribution < 1.29 is 10.0 Å². The molecule has 6 nitrogen and oxygen atoms in total. The van der Waals surface area contributed by atoms with Crippen LogP contribution < -0.4 is 0 Å². The maximum Gasteiger partial charge on any atom is 0.315 e. The van der Waals surface area contributed by atoms with E-state index in [-0.39, 0.29) is 16.1 Å². The van der Waals surface area contributed by atoms with Gasteiger partial charge in [-0.25, -0.2) is 4.98 Å². The summed E-state index contributed by atoms with van der Waals surface area (Å²) in [4.78, 5) is 19.7. The summed E-state index contributed by atoms with van der Waals surface area (Å²) in [5.41, 5.74) is 3.16. The topological polar surface area (TPSA) is 88.6 Å². The first-order valence-corrected chi connectivity index (χ1v) is 10.2. The minimum absolute atomic E-state index is 0.229. The fourth-order valence-corrected chi connectivity index (χ4v) is 4.35. The van der Waals surface area contributed by atoms with Gasteiger partial charge in [-0.1, -0.05) is 23.7 Å². The van der Waals surface area contributed by atoms with E-state index < -0.39 is 16.4 Å². The van der Waals surface area contributed by atoms with Crippen molar-refractivity contribution in [1.29, 1.82) is 0 Å². The molecule has 4 rings (SSSR count). The highest BCUT2D eigenvalue weighted by Gasteiger charge is 2.25. The van der Waals surface area contributed by atoms with Crippen LogP contribution in [0.2, 0.25) is 5.02 Å². The Balaban J connectivity index is 1.66. The third-order valence-corrected chi connectivity index (χ3v) is 6.48. The molecule has 4 aromatic rings. The summed E-state index contributed by atoms with van der Waals surface area (Å²) in [5, 5.41) is 22.9. The number of halogens is 1. The summed E-state index contributed by atoms with van der Waals surface area (Å²) >= 11 is 7.84. The number of nitro groups is 1. The van der Waals surface area contributed by atoms with Gasteiger partial charge in [0.15, 0.2) is 0 Å². The number of phenolic OH excluding ortho intramolecular Hbond substituents is 1. The first-order chi connectivity index (χ1) is 14.4. The zero-order valence-electron chi connectivity index (χ0n) is 16.1. The minimum atomic E-state index is -0.639. The normalized spacial score (nSPS) is 11.4. The van der Waals surface area contributed by atoms with Gasteiger partial charge in [-0.15, -0.1) is 11.3 Å². The van der Waals surface area contributed by atoms with E-state index in [1.165, 1.54) is 13.1 Å². The van der Waals surface area contributed by atoms with Crippen molar-refractivity contribution in [3.63, 3.8) is 0 Å². The molecule has 0 aliphatic rings. The van der Waals surface area contributed by atoms with Crippen LogP contribution in [0.25, 0.3) is 20.8 Å². The largest absolute Gasteiger partial charge is 0.502 e. The average Bonchev–Trinajstić information content (AvgIpc) is 3.16. The molecule has 1 N–H and O–H groups in total. The Morgan fingerprint density at radius 3 is 2.50 bits per heavy atom. The quantitative estimate of drug-likeness (QED) is 0.221. The fourth-order valence-electron chi connectivity index (χ4n) is 3.19. The molecule has 0 unspecified atom stereocenters. The summed E-state index contributed by atoms with van der Waals surface area (Å²) in [5.74, 6) is -0.436. The summed E-state index contributed by atoms with van der Waals surface area (Å²) in [7, 11) is 0. The van der Waals surface area contributed by atoms with E-state index in [2.05, 4.69) is 9.98 Å². The van der Waals surface area contributed by atoms with Gasteiger partial charge in [-0.2, -0.15) is 0 Å². The number of thiazole rings is 1. The van der Waals surface area contributed by atoms with Gasteiger partial charge in [0, 0.05) is 22.9 Å². The smallest absolute Gasteiger partial charge is 0.315 e. The Bertz CT molecular complexity index is 1280. The van der Waals surface area contributed by atoms with Gasteiger partial charge in [0.2, 0.25) is 5.75 Å². The molecule has 1 aromatic heterocycles. The Morgan fingerprint density at radius 2 is 1.83 bits per heavy atom. The van der Waals surface area contributed by atoms with Gasteiger partial charge >= 0.3 is 5.69 Å². The number of para-hydroxylation sites is 1. The van der Waals surface area contributed by atoms with E-state index in [4.69, 9.17) is 11.6 Å². The Hall–Kier alpha value is -3.29. The molecule has 0 saturated heterocycles. The number of hydrogen-bond acceptors (Lipinski definition) is 6. The van der Waals surface area contributed by atoms with Gasteiger partial charge in [-0.3, -0.25) is 15.1 Å². The summed E-state index contributed by atoms with van der Waals surface area (Å²) in [6.45, 7) is 3.20. The van der Waals surface area contributed by atoms with Crippen LogP contribution >= 0.6 is 22.9 Å². The number of phenols is 1. The van der Waals surface area contributed by atoms with Crippen molar-refractivity contribution >= 4 is 50.7 Å². The number of nitrogens with zero attached hydrogens (tertiary/aromatic N) is 3. The summed E-state index contributed by atoms with van der Waals surface area (Å²) in [6.07, 6.45) is 1.40. The van der Waals surface area contributed by atoms with E-state index in [0.29, 0.717) is 11.3 Å². The molecule has 1 heterocycles. The van der Waals surface area contributed by atoms with Crippen LogP contribution in [0.4, 0.5) is 11.4 Å². The van der Waals surface area contributed by atoms with Crippen molar-refractivity contribution in [2.24, 2.45) is 4.99 Å². The number of aromatic hydroxyl groups is 1. The Kier molecular flexibility index (Phi) is 5.24. The third kappa shape index (κ3) is 3.53. The number of rotatable bonds is 4. The van der Waals surface area contributed by atoms with Crippen molar-refractivity contribution in [2.75, 3.05) is 0 Å². The van der Waals surface area contributed by atoms with E-state index in [1.807, 2.05) is 48.5 Å². The first kappa shape index (κ1) is 20.0. The molecule has 0 spiro atoms. The molecule has 150 valence electrons. The van der Waals surface area contributed by atoms with Crippen LogP contribution in [0.3, 0.4) is 0 Å². The average molecular weight is 438 g/mol. The maximum absolute atomic E-state index is 11.3. The highest BCUT2D eigenvalue weighted by molar-refractivity contribution is 7.21. The molecule has 3 aromatic carbocycles. The van der Waals surface area contributed by atoms with E-state index >= 15 is 0 Å². The molecule has 0 fully saturated rings. The van der Waals surface area contributed by atoms with Gasteiger partial charge in [0.25, 0.3) is 0 Å². The van der Waals surface area contributed by atoms with Gasteiger partial charge in [0.05, 0.1) is 25.8 Å². The zero-order chi connectivity index (χ0) is 21.4. The minimum Gasteiger partial charge on any atom is -0.502 e. The molecule has 0 saturated carbocycles. The molecule has 8 heteroatoms. The number of aliphatic imine (C=N–C) groups is 1. The Morgan fingerprint density at radius 1 is 1.13 bits per heavy atom. The number of benzene rings is 3. The van der Waals surface area contributed by atoms with E-state index in [1.54, 1.807) is 18.3 Å². The van der Waals surface area contributed by atoms with Crippen molar-refractivity contribution in [3.8, 4) is 16.3 Å². The summed E-state index contributed by atoms with van der Waals surface area (Å²) < 4.78 is 1.12. The lowest BCUT2D eigenvalue weighted by Crippen LogP contribution is -1.99. The predicted octanol–water partition coefficient (Wildman–Crippen LogP) is 6.60. The monoisotopic (exact) mass is 437 g/mol. The lowest BCUT2D eigenvalue weighted by atomic mass is 10.0. The van der Waals surface area contributed by atoms with Crippen LogP contribution in [-0.2, 0) is 0 Å². The number of fused-ring (bicyclic) bond motifs is 1. The Labute approximate surface area is 181 Å². The lowest BCUT2D eigenvalue weighted by molar-refractivity contribution is -0.386. The summed E-state index contributed by atoms with van der Waals surface area (Å²) in [6, 6.07) is 15.5. The second-order valence-corrected chi connectivity index (χ2v) is 8.13. The molecule has 0 radical (unpaired) electrons. The highest BCUT2D eigenvalue weighted by Crippen LogP contribution is 2.40. The van der Waals surface area contributed by atoms with Crippen LogP contribution in [0.15, 0.2) is 53.5 Å². The van der Waals surface area contributed by atoms with Crippen molar-refractivity contribution in [2.45, 2.75) is 13.8 Å². The van der Waals surface area contributed by atoms with Crippen LogP contribution in [0.1, 0.15) is 16.7 Å². The zero-order valence-corrected chi connectivity index (χ0v) is 17.7. The third-order valence-electron chi connectivity index (χ3n) is 4.83. The molecular weight excluding hydrogens is 422 g/mol. The molecule has 0 atom stereocenters. The standard InChI is InChI=1S/C22H16ClN3O3S/c1-12-16(21(27)20(26(28)29)13(2)19(12)23)11-24-15-9-7-14(8-10-15)22-25-17-5-3-4-6-18(17)30-22/h3-11,27H,1-2H3. The fraction of sp³-hybridized carbons (Fsp3) is 0.0909. The van der Waals surface area contributed by atoms with Crippen LogP contribution in [0.5, 0.6) is 5.75 Å². The first-order valence-electron chi connectivity index (χ1n) is 9.03. The second kappa shape index (κ2) is 7.85. The number of aromatic nitrogens is 1. The lowest BCUT2D eigenvalue weighted by Gasteiger charge is -2.10. The van der Waals surface area contributed by atoms with E-state index in [0.717, 1.165) is 20.8 Å². The number of nitro benzene ring substituents is 1. The predicted molar refractivity (Wildman–Crippen MR) is 122 cm³/mol. The molecule has 0 bridgehead atoms. The van der Waals surface area contributed by atoms with E-state index in [9.17, 15) is 15.2 Å². The van der Waals surface area contributed by atoms with Gasteiger partial charge in [-0.05, 0) is 55.8 Å². The van der Waals surface area contributed by atoms with Gasteiger partial charge < -0.3 is 5.11 Å². The molecular formula is C22H16ClN3O3S. The second-order valence-electron chi connectivity index (χ2n) is 6.72. The molecule has 0 aliphatic carbocycles. The molecule has 0 amide bonds. The van der Waals surface area contributed by atoms with Crippen molar-refractivity contribution in [3.05, 3.63) is 80.4 Å². The maximum atomic E-state index is 11.3. The van der Waals surface area contributed by atoms with Gasteiger partial charge in [0.1, 0.15) is 5.01 Å². The van der Waals surface area contributed by atoms with Crippen LogP contribution in [-0.4, -0.2) is 21.2 Å². The number of hydrogen-bond donors (Lipinski definition) is 1. The van der Waals surface area contributed by atoms with Crippen LogP contribution in [0, 0.1) is 24.0 Å². The molecule has 0 aliphatic heterocycles. The molecule has 30 heavy (non-hydrogen) atoms. The van der Waals surface area contributed by atoms with Crippen molar-refractivity contribution in [1.82, 2.24) is 4.98 Å².